The van der Waals surface area contributed by atoms with Gasteiger partial charge in [0.25, 0.3) is 5.91 Å². The zero-order valence-electron chi connectivity index (χ0n) is 15.4. The number of ether oxygens (including phenoxy) is 1. The molecule has 6 nitrogen and oxygen atoms in total. The molecule has 3 heterocycles. The van der Waals surface area contributed by atoms with E-state index in [9.17, 15) is 4.79 Å². The molecule has 1 aliphatic heterocycles. The number of pyridine rings is 1. The molecular formula is C21H24N4O2. The molecule has 1 aromatic carbocycles. The zero-order valence-corrected chi connectivity index (χ0v) is 15.4. The summed E-state index contributed by atoms with van der Waals surface area (Å²) >= 11 is 0. The molecule has 0 bridgehead atoms. The second-order valence-electron chi connectivity index (χ2n) is 6.98. The highest BCUT2D eigenvalue weighted by atomic mass is 16.5. The number of carbonyl (C=O) groups excluding carboxylic acids is 1. The molecule has 3 aromatic rings. The number of aromatic nitrogens is 2. The fourth-order valence-corrected chi connectivity index (χ4v) is 3.57. The van der Waals surface area contributed by atoms with Crippen molar-refractivity contribution in [3.8, 4) is 5.75 Å². The summed E-state index contributed by atoms with van der Waals surface area (Å²) in [6.07, 6.45) is 3.73. The Morgan fingerprint density at radius 3 is 2.85 bits per heavy atom. The van der Waals surface area contributed by atoms with Gasteiger partial charge in [-0.3, -0.25) is 14.7 Å². The highest BCUT2D eigenvalue weighted by Crippen LogP contribution is 2.21. The van der Waals surface area contributed by atoms with Crippen LogP contribution in [0.15, 0.2) is 48.7 Å². The number of aromatic amines is 1. The van der Waals surface area contributed by atoms with Crippen molar-refractivity contribution in [1.82, 2.24) is 20.2 Å². The third-order valence-electron chi connectivity index (χ3n) is 5.11. The monoisotopic (exact) mass is 364 g/mol. The van der Waals surface area contributed by atoms with Crippen LogP contribution in [0.1, 0.15) is 29.0 Å². The van der Waals surface area contributed by atoms with Crippen molar-refractivity contribution in [2.45, 2.75) is 25.4 Å². The molecule has 1 saturated heterocycles. The fraction of sp³-hybridized carbons (Fsp3) is 0.333. The first-order chi connectivity index (χ1) is 13.2. The van der Waals surface area contributed by atoms with Crippen molar-refractivity contribution >= 4 is 16.8 Å². The first kappa shape index (κ1) is 17.5. The van der Waals surface area contributed by atoms with E-state index in [1.165, 1.54) is 0 Å². The molecule has 0 aliphatic carbocycles. The second-order valence-corrected chi connectivity index (χ2v) is 6.98. The SMILES string of the molecule is COc1ccc2cc(C(=O)NC3CCN(Cc4ccccn4)CC3)[nH]c2c1. The Morgan fingerprint density at radius 1 is 1.26 bits per heavy atom. The highest BCUT2D eigenvalue weighted by Gasteiger charge is 2.22. The molecule has 2 N–H and O–H groups in total. The summed E-state index contributed by atoms with van der Waals surface area (Å²) in [5.74, 6) is 0.727. The largest absolute Gasteiger partial charge is 0.497 e. The van der Waals surface area contributed by atoms with Gasteiger partial charge in [-0.05, 0) is 43.2 Å². The number of nitrogens with one attached hydrogen (secondary N) is 2. The third kappa shape index (κ3) is 4.11. The number of benzene rings is 1. The molecule has 1 amide bonds. The Balaban J connectivity index is 1.33. The normalized spacial score (nSPS) is 15.7. The number of H-pyrrole nitrogens is 1. The lowest BCUT2D eigenvalue weighted by Crippen LogP contribution is -2.44. The minimum atomic E-state index is -0.0478. The first-order valence-electron chi connectivity index (χ1n) is 9.31. The quantitative estimate of drug-likeness (QED) is 0.730. The maximum Gasteiger partial charge on any atom is 0.267 e. The fourth-order valence-electron chi connectivity index (χ4n) is 3.57. The van der Waals surface area contributed by atoms with E-state index in [1.807, 2.05) is 42.6 Å². The molecule has 4 rings (SSSR count). The smallest absolute Gasteiger partial charge is 0.267 e. The molecular weight excluding hydrogens is 340 g/mol. The summed E-state index contributed by atoms with van der Waals surface area (Å²) < 4.78 is 5.24. The van der Waals surface area contributed by atoms with E-state index in [0.29, 0.717) is 5.69 Å². The van der Waals surface area contributed by atoms with Gasteiger partial charge in [-0.15, -0.1) is 0 Å². The highest BCUT2D eigenvalue weighted by molar-refractivity contribution is 5.98. The van der Waals surface area contributed by atoms with Crippen LogP contribution in [0.25, 0.3) is 10.9 Å². The van der Waals surface area contributed by atoms with Crippen LogP contribution in [-0.2, 0) is 6.54 Å². The summed E-state index contributed by atoms with van der Waals surface area (Å²) in [6.45, 7) is 2.79. The van der Waals surface area contributed by atoms with Crippen LogP contribution in [0.3, 0.4) is 0 Å². The Labute approximate surface area is 158 Å². The lowest BCUT2D eigenvalue weighted by Gasteiger charge is -2.32. The van der Waals surface area contributed by atoms with Gasteiger partial charge in [0.15, 0.2) is 0 Å². The molecule has 140 valence electrons. The summed E-state index contributed by atoms with van der Waals surface area (Å²) in [5, 5.41) is 4.17. The average Bonchev–Trinajstić information content (AvgIpc) is 3.13. The molecule has 27 heavy (non-hydrogen) atoms. The topological polar surface area (TPSA) is 70.2 Å². The molecule has 0 saturated carbocycles. The van der Waals surface area contributed by atoms with E-state index in [-0.39, 0.29) is 11.9 Å². The average molecular weight is 364 g/mol. The number of rotatable bonds is 5. The van der Waals surface area contributed by atoms with Crippen molar-refractivity contribution in [2.24, 2.45) is 0 Å². The van der Waals surface area contributed by atoms with Crippen LogP contribution in [0, 0.1) is 0 Å². The molecule has 0 radical (unpaired) electrons. The maximum atomic E-state index is 12.6. The first-order valence-corrected chi connectivity index (χ1v) is 9.31. The minimum absolute atomic E-state index is 0.0478. The Hall–Kier alpha value is -2.86. The van der Waals surface area contributed by atoms with Crippen molar-refractivity contribution in [2.75, 3.05) is 20.2 Å². The number of hydrogen-bond acceptors (Lipinski definition) is 4. The van der Waals surface area contributed by atoms with Gasteiger partial charge in [0.2, 0.25) is 0 Å². The molecule has 1 aliphatic rings. The van der Waals surface area contributed by atoms with Gasteiger partial charge in [0, 0.05) is 48.8 Å². The summed E-state index contributed by atoms with van der Waals surface area (Å²) in [6, 6.07) is 13.9. The van der Waals surface area contributed by atoms with E-state index in [1.54, 1.807) is 7.11 Å². The van der Waals surface area contributed by atoms with E-state index in [4.69, 9.17) is 4.74 Å². The number of methoxy groups -OCH3 is 1. The van der Waals surface area contributed by atoms with E-state index >= 15 is 0 Å². The standard InChI is InChI=1S/C21H24N4O2/c1-27-18-6-5-15-12-20(24-19(15)13-18)21(26)23-16-7-10-25(11-8-16)14-17-4-2-3-9-22-17/h2-6,9,12-13,16,24H,7-8,10-11,14H2,1H3,(H,23,26). The third-order valence-corrected chi connectivity index (χ3v) is 5.11. The Kier molecular flexibility index (Phi) is 5.07. The van der Waals surface area contributed by atoms with Gasteiger partial charge in [0.1, 0.15) is 11.4 Å². The lowest BCUT2D eigenvalue weighted by molar-refractivity contribution is 0.0904. The lowest BCUT2D eigenvalue weighted by atomic mass is 10.0. The number of carbonyl (C=O) groups is 1. The van der Waals surface area contributed by atoms with E-state index < -0.39 is 0 Å². The van der Waals surface area contributed by atoms with Gasteiger partial charge < -0.3 is 15.0 Å². The number of fused-ring (bicyclic) bond motifs is 1. The molecule has 6 heteroatoms. The molecule has 1 fully saturated rings. The minimum Gasteiger partial charge on any atom is -0.497 e. The maximum absolute atomic E-state index is 12.6. The van der Waals surface area contributed by atoms with Gasteiger partial charge in [0.05, 0.1) is 12.8 Å². The van der Waals surface area contributed by atoms with Gasteiger partial charge in [-0.1, -0.05) is 6.07 Å². The van der Waals surface area contributed by atoms with Gasteiger partial charge in [-0.25, -0.2) is 0 Å². The number of amides is 1. The molecule has 2 aromatic heterocycles. The molecule has 0 unspecified atom stereocenters. The second kappa shape index (κ2) is 7.80. The summed E-state index contributed by atoms with van der Waals surface area (Å²) in [4.78, 5) is 22.6. The predicted molar refractivity (Wildman–Crippen MR) is 105 cm³/mol. The van der Waals surface area contributed by atoms with Crippen LogP contribution in [-0.4, -0.2) is 47.0 Å². The van der Waals surface area contributed by atoms with Crippen LogP contribution < -0.4 is 10.1 Å². The molecule has 0 spiro atoms. The summed E-state index contributed by atoms with van der Waals surface area (Å²) in [7, 11) is 1.64. The van der Waals surface area contributed by atoms with Crippen LogP contribution in [0.2, 0.25) is 0 Å². The Morgan fingerprint density at radius 2 is 2.11 bits per heavy atom. The molecule has 0 atom stereocenters. The van der Waals surface area contributed by atoms with Gasteiger partial charge in [-0.2, -0.15) is 0 Å². The van der Waals surface area contributed by atoms with Gasteiger partial charge >= 0.3 is 0 Å². The van der Waals surface area contributed by atoms with Crippen molar-refractivity contribution in [3.05, 3.63) is 60.0 Å². The number of nitrogens with zero attached hydrogens (tertiary/aromatic N) is 2. The Bertz CT molecular complexity index is 914. The van der Waals surface area contributed by atoms with Crippen LogP contribution in [0.5, 0.6) is 5.75 Å². The number of hydrogen-bond donors (Lipinski definition) is 2. The number of piperidine rings is 1. The predicted octanol–water partition coefficient (Wildman–Crippen LogP) is 2.97. The van der Waals surface area contributed by atoms with E-state index in [2.05, 4.69) is 26.3 Å². The van der Waals surface area contributed by atoms with Crippen LogP contribution >= 0.6 is 0 Å². The number of likely N-dealkylation sites (tertiary alicyclic amines) is 1. The van der Waals surface area contributed by atoms with Crippen molar-refractivity contribution < 1.29 is 9.53 Å². The van der Waals surface area contributed by atoms with Crippen molar-refractivity contribution in [1.29, 1.82) is 0 Å². The summed E-state index contributed by atoms with van der Waals surface area (Å²) in [5.41, 5.74) is 2.59. The van der Waals surface area contributed by atoms with E-state index in [0.717, 1.165) is 54.8 Å². The van der Waals surface area contributed by atoms with Crippen LogP contribution in [0.4, 0.5) is 0 Å². The van der Waals surface area contributed by atoms with Crippen molar-refractivity contribution in [3.63, 3.8) is 0 Å². The zero-order chi connectivity index (χ0) is 18.6.